The lowest BCUT2D eigenvalue weighted by atomic mass is 9.99. The topological polar surface area (TPSA) is 67.9 Å². The molecule has 1 aliphatic rings. The minimum Gasteiger partial charge on any atom is -0.282 e. The zero-order valence-electron chi connectivity index (χ0n) is 12.0. The number of hydrogen-bond acceptors (Lipinski definition) is 4. The van der Waals surface area contributed by atoms with Crippen LogP contribution in [0.4, 0.5) is 5.69 Å². The van der Waals surface area contributed by atoms with Crippen molar-refractivity contribution < 1.29 is 4.92 Å². The van der Waals surface area contributed by atoms with Crippen molar-refractivity contribution >= 4 is 17.1 Å². The number of rotatable bonds is 3. The Kier molecular flexibility index (Phi) is 4.05. The predicted octanol–water partition coefficient (Wildman–Crippen LogP) is 3.28. The van der Waals surface area contributed by atoms with Crippen LogP contribution in [0.5, 0.6) is 0 Å². The molecule has 0 atom stereocenters. The van der Waals surface area contributed by atoms with Gasteiger partial charge in [-0.25, -0.2) is 0 Å². The second-order valence-corrected chi connectivity index (χ2v) is 4.98. The van der Waals surface area contributed by atoms with Crippen LogP contribution < -0.4 is 0 Å². The fourth-order valence-corrected chi connectivity index (χ4v) is 2.40. The first kappa shape index (κ1) is 14.1. The molecule has 1 aliphatic heterocycles. The number of non-ortho nitro benzene ring substituents is 1. The number of nitro benzene ring substituents is 1. The lowest BCUT2D eigenvalue weighted by molar-refractivity contribution is -0.384. The summed E-state index contributed by atoms with van der Waals surface area (Å²) >= 11 is 0. The van der Waals surface area contributed by atoms with Gasteiger partial charge in [0.1, 0.15) is 0 Å². The van der Waals surface area contributed by atoms with Crippen LogP contribution in [0.2, 0.25) is 0 Å². The second-order valence-electron chi connectivity index (χ2n) is 4.98. The highest BCUT2D eigenvalue weighted by Crippen LogP contribution is 2.17. The maximum atomic E-state index is 10.8. The Balaban J connectivity index is 2.02. The molecule has 0 aromatic heterocycles. The van der Waals surface area contributed by atoms with E-state index in [1.807, 2.05) is 30.3 Å². The number of nitrogens with zero attached hydrogens (tertiary/aromatic N) is 3. The monoisotopic (exact) mass is 293 g/mol. The molecule has 0 saturated heterocycles. The third-order valence-corrected chi connectivity index (χ3v) is 3.48. The first-order valence-corrected chi connectivity index (χ1v) is 7.15. The summed E-state index contributed by atoms with van der Waals surface area (Å²) in [4.78, 5) is 19.7. The molecule has 0 aliphatic carbocycles. The summed E-state index contributed by atoms with van der Waals surface area (Å²) in [5.41, 5.74) is 3.61. The lowest BCUT2D eigenvalue weighted by Crippen LogP contribution is -2.17. The molecule has 0 N–H and O–H groups in total. The van der Waals surface area contributed by atoms with Crippen molar-refractivity contribution in [3.63, 3.8) is 0 Å². The van der Waals surface area contributed by atoms with E-state index in [1.54, 1.807) is 12.1 Å². The van der Waals surface area contributed by atoms with Crippen LogP contribution in [0.3, 0.4) is 0 Å². The van der Waals surface area contributed by atoms with Crippen molar-refractivity contribution in [3.8, 4) is 0 Å². The van der Waals surface area contributed by atoms with Crippen LogP contribution >= 0.6 is 0 Å². The molecule has 1 heterocycles. The molecular formula is C17H15N3O2. The van der Waals surface area contributed by atoms with Gasteiger partial charge < -0.3 is 0 Å². The van der Waals surface area contributed by atoms with Gasteiger partial charge in [0.2, 0.25) is 0 Å². The molecule has 0 amide bonds. The van der Waals surface area contributed by atoms with E-state index in [4.69, 9.17) is 0 Å². The summed E-state index contributed by atoms with van der Waals surface area (Å²) in [6.07, 6.45) is 0.910. The highest BCUT2D eigenvalue weighted by atomic mass is 16.6. The fourth-order valence-electron chi connectivity index (χ4n) is 2.40. The Hall–Kier alpha value is -2.82. The average molecular weight is 293 g/mol. The molecule has 3 rings (SSSR count). The van der Waals surface area contributed by atoms with E-state index in [9.17, 15) is 10.1 Å². The van der Waals surface area contributed by atoms with E-state index < -0.39 is 4.92 Å². The summed E-state index contributed by atoms with van der Waals surface area (Å²) in [7, 11) is 0. The molecule has 22 heavy (non-hydrogen) atoms. The Morgan fingerprint density at radius 2 is 1.36 bits per heavy atom. The van der Waals surface area contributed by atoms with E-state index in [2.05, 4.69) is 9.98 Å². The summed E-state index contributed by atoms with van der Waals surface area (Å²) < 4.78 is 0. The third kappa shape index (κ3) is 2.93. The SMILES string of the molecule is O=[N+]([O-])c1ccc(C2=NCCCN=C2c2ccccc2)cc1. The van der Waals surface area contributed by atoms with Crippen LogP contribution in [-0.4, -0.2) is 29.4 Å². The number of aliphatic imine (C=N–C) groups is 2. The Bertz CT molecular complexity index is 734. The maximum absolute atomic E-state index is 10.8. The minimum absolute atomic E-state index is 0.0798. The molecule has 0 spiro atoms. The van der Waals surface area contributed by atoms with E-state index in [1.165, 1.54) is 12.1 Å². The van der Waals surface area contributed by atoms with E-state index in [0.29, 0.717) is 6.54 Å². The number of nitro groups is 1. The van der Waals surface area contributed by atoms with Crippen molar-refractivity contribution in [2.24, 2.45) is 9.98 Å². The molecule has 5 nitrogen and oxygen atoms in total. The van der Waals surface area contributed by atoms with Crippen LogP contribution in [0.1, 0.15) is 17.5 Å². The molecule has 5 heteroatoms. The van der Waals surface area contributed by atoms with Crippen molar-refractivity contribution in [2.75, 3.05) is 13.1 Å². The van der Waals surface area contributed by atoms with E-state index >= 15 is 0 Å². The van der Waals surface area contributed by atoms with Crippen molar-refractivity contribution in [2.45, 2.75) is 6.42 Å². The highest BCUT2D eigenvalue weighted by molar-refractivity contribution is 6.53. The fraction of sp³-hybridized carbons (Fsp3) is 0.176. The van der Waals surface area contributed by atoms with Gasteiger partial charge in [-0.05, 0) is 18.6 Å². The van der Waals surface area contributed by atoms with Gasteiger partial charge in [-0.3, -0.25) is 20.1 Å². The molecule has 110 valence electrons. The Morgan fingerprint density at radius 1 is 0.818 bits per heavy atom. The van der Waals surface area contributed by atoms with Gasteiger partial charge in [0, 0.05) is 36.3 Å². The second kappa shape index (κ2) is 6.30. The molecular weight excluding hydrogens is 278 g/mol. The van der Waals surface area contributed by atoms with Gasteiger partial charge in [-0.1, -0.05) is 30.3 Å². The largest absolute Gasteiger partial charge is 0.282 e. The molecule has 2 aromatic rings. The predicted molar refractivity (Wildman–Crippen MR) is 87.0 cm³/mol. The van der Waals surface area contributed by atoms with Crippen molar-refractivity contribution in [1.29, 1.82) is 0 Å². The molecule has 0 radical (unpaired) electrons. The Labute approximate surface area is 128 Å². The first-order valence-electron chi connectivity index (χ1n) is 7.15. The zero-order chi connectivity index (χ0) is 15.4. The molecule has 0 bridgehead atoms. The van der Waals surface area contributed by atoms with Gasteiger partial charge in [-0.2, -0.15) is 0 Å². The molecule has 2 aromatic carbocycles. The first-order chi connectivity index (χ1) is 10.8. The van der Waals surface area contributed by atoms with Gasteiger partial charge in [0.15, 0.2) is 0 Å². The van der Waals surface area contributed by atoms with Gasteiger partial charge >= 0.3 is 0 Å². The molecule has 0 saturated carbocycles. The lowest BCUT2D eigenvalue weighted by Gasteiger charge is -2.09. The normalized spacial score (nSPS) is 14.7. The summed E-state index contributed by atoms with van der Waals surface area (Å²) in [5.74, 6) is 0. The van der Waals surface area contributed by atoms with Gasteiger partial charge in [-0.15, -0.1) is 0 Å². The van der Waals surface area contributed by atoms with Gasteiger partial charge in [0.25, 0.3) is 5.69 Å². The van der Waals surface area contributed by atoms with Crippen LogP contribution in [0, 0.1) is 10.1 Å². The summed E-state index contributed by atoms with van der Waals surface area (Å²) in [5, 5.41) is 10.8. The highest BCUT2D eigenvalue weighted by Gasteiger charge is 2.16. The smallest absolute Gasteiger partial charge is 0.269 e. The molecule has 0 unspecified atom stereocenters. The standard InChI is InChI=1S/C17H15N3O2/c21-20(22)15-9-7-14(8-10-15)17-16(18-11-4-12-19-17)13-5-2-1-3-6-13/h1-3,5-10H,4,11-12H2. The number of hydrogen-bond donors (Lipinski definition) is 0. The minimum atomic E-state index is -0.398. The van der Waals surface area contributed by atoms with E-state index in [-0.39, 0.29) is 5.69 Å². The summed E-state index contributed by atoms with van der Waals surface area (Å²) in [6, 6.07) is 16.4. The van der Waals surface area contributed by atoms with E-state index in [0.717, 1.165) is 35.5 Å². The molecule has 0 fully saturated rings. The van der Waals surface area contributed by atoms with Gasteiger partial charge in [0.05, 0.1) is 16.3 Å². The van der Waals surface area contributed by atoms with Crippen LogP contribution in [-0.2, 0) is 0 Å². The van der Waals surface area contributed by atoms with Crippen molar-refractivity contribution in [1.82, 2.24) is 0 Å². The quantitative estimate of drug-likeness (QED) is 0.643. The Morgan fingerprint density at radius 3 is 1.91 bits per heavy atom. The maximum Gasteiger partial charge on any atom is 0.269 e. The number of benzene rings is 2. The van der Waals surface area contributed by atoms with Crippen molar-refractivity contribution in [3.05, 3.63) is 75.8 Å². The van der Waals surface area contributed by atoms with Crippen LogP contribution in [0.25, 0.3) is 0 Å². The van der Waals surface area contributed by atoms with Crippen LogP contribution in [0.15, 0.2) is 64.6 Å². The average Bonchev–Trinajstić information content (AvgIpc) is 2.81. The third-order valence-electron chi connectivity index (χ3n) is 3.48. The zero-order valence-corrected chi connectivity index (χ0v) is 12.0. The summed E-state index contributed by atoms with van der Waals surface area (Å²) in [6.45, 7) is 1.45.